The van der Waals surface area contributed by atoms with E-state index in [-0.39, 0.29) is 6.04 Å². The highest BCUT2D eigenvalue weighted by atomic mass is 16.3. The Balaban J connectivity index is 3.84. The zero-order chi connectivity index (χ0) is 8.85. The standard InChI is InChI=1S/C8H18N2O/c1-5-8(4)10(9-11)6-7(2)3/h7-8H,5-6H2,1-4H3. The van der Waals surface area contributed by atoms with Crippen molar-refractivity contribution in [3.63, 3.8) is 0 Å². The van der Waals surface area contributed by atoms with Crippen LogP contribution in [0.5, 0.6) is 0 Å². The highest BCUT2D eigenvalue weighted by Gasteiger charge is 2.11. The van der Waals surface area contributed by atoms with E-state index in [9.17, 15) is 4.91 Å². The second-order valence-corrected chi connectivity index (χ2v) is 3.35. The first-order chi connectivity index (χ1) is 5.11. The van der Waals surface area contributed by atoms with E-state index in [1.165, 1.54) is 0 Å². The number of nitrogens with zero attached hydrogens (tertiary/aromatic N) is 2. The average molecular weight is 158 g/mol. The Labute approximate surface area is 68.7 Å². The molecule has 0 aliphatic heterocycles. The van der Waals surface area contributed by atoms with E-state index >= 15 is 0 Å². The molecule has 0 N–H and O–H groups in total. The molecule has 3 heteroatoms. The lowest BCUT2D eigenvalue weighted by Crippen LogP contribution is -2.30. The van der Waals surface area contributed by atoms with Crippen LogP contribution in [0.1, 0.15) is 34.1 Å². The molecule has 0 amide bonds. The van der Waals surface area contributed by atoms with Gasteiger partial charge in [-0.15, -0.1) is 4.91 Å². The molecule has 0 heterocycles. The summed E-state index contributed by atoms with van der Waals surface area (Å²) in [5.41, 5.74) is 0. The van der Waals surface area contributed by atoms with Crippen LogP contribution in [0, 0.1) is 10.8 Å². The average Bonchev–Trinajstić information content (AvgIpc) is 1.98. The third kappa shape index (κ3) is 3.96. The predicted octanol–water partition coefficient (Wildman–Crippen LogP) is 2.42. The van der Waals surface area contributed by atoms with E-state index < -0.39 is 0 Å². The minimum Gasteiger partial charge on any atom is -0.258 e. The lowest BCUT2D eigenvalue weighted by molar-refractivity contribution is 0.187. The van der Waals surface area contributed by atoms with Gasteiger partial charge in [0.15, 0.2) is 0 Å². The fourth-order valence-corrected chi connectivity index (χ4v) is 0.879. The maximum absolute atomic E-state index is 10.3. The Kier molecular flexibility index (Phi) is 4.83. The molecule has 0 aromatic carbocycles. The summed E-state index contributed by atoms with van der Waals surface area (Å²) in [6, 6.07) is 0.273. The van der Waals surface area contributed by atoms with Crippen LogP contribution >= 0.6 is 0 Å². The third-order valence-corrected chi connectivity index (χ3v) is 1.76. The van der Waals surface area contributed by atoms with Gasteiger partial charge in [-0.1, -0.05) is 20.8 Å². The summed E-state index contributed by atoms with van der Waals surface area (Å²) in [6.45, 7) is 9.01. The van der Waals surface area contributed by atoms with Crippen molar-refractivity contribution in [2.45, 2.75) is 40.2 Å². The molecular weight excluding hydrogens is 140 g/mol. The third-order valence-electron chi connectivity index (χ3n) is 1.76. The number of nitroso groups, excluding NO2 is 1. The first kappa shape index (κ1) is 10.4. The van der Waals surface area contributed by atoms with Gasteiger partial charge in [0.1, 0.15) is 0 Å². The molecule has 66 valence electrons. The van der Waals surface area contributed by atoms with Crippen molar-refractivity contribution in [3.8, 4) is 0 Å². The molecule has 3 nitrogen and oxygen atoms in total. The second-order valence-electron chi connectivity index (χ2n) is 3.35. The Morgan fingerprint density at radius 3 is 2.18 bits per heavy atom. The summed E-state index contributed by atoms with van der Waals surface area (Å²) < 4.78 is 0. The van der Waals surface area contributed by atoms with Gasteiger partial charge in [-0.05, 0) is 19.3 Å². The summed E-state index contributed by atoms with van der Waals surface area (Å²) in [7, 11) is 0. The maximum Gasteiger partial charge on any atom is 0.0526 e. The molecule has 0 saturated carbocycles. The van der Waals surface area contributed by atoms with Crippen LogP contribution in [-0.4, -0.2) is 17.6 Å². The van der Waals surface area contributed by atoms with Gasteiger partial charge in [0.05, 0.1) is 5.29 Å². The van der Waals surface area contributed by atoms with Gasteiger partial charge in [0, 0.05) is 12.6 Å². The zero-order valence-electron chi connectivity index (χ0n) is 7.87. The van der Waals surface area contributed by atoms with Crippen molar-refractivity contribution in [2.75, 3.05) is 6.54 Å². The van der Waals surface area contributed by atoms with E-state index in [0.29, 0.717) is 5.92 Å². The Bertz CT molecular complexity index is 115. The van der Waals surface area contributed by atoms with Crippen LogP contribution in [0.2, 0.25) is 0 Å². The van der Waals surface area contributed by atoms with Crippen molar-refractivity contribution < 1.29 is 0 Å². The summed E-state index contributed by atoms with van der Waals surface area (Å²) >= 11 is 0. The van der Waals surface area contributed by atoms with Gasteiger partial charge in [-0.2, -0.15) is 0 Å². The molecule has 0 fully saturated rings. The topological polar surface area (TPSA) is 32.7 Å². The monoisotopic (exact) mass is 158 g/mol. The molecule has 1 atom stereocenters. The smallest absolute Gasteiger partial charge is 0.0526 e. The molecule has 0 bridgehead atoms. The first-order valence-electron chi connectivity index (χ1n) is 4.21. The predicted molar refractivity (Wildman–Crippen MR) is 47.1 cm³/mol. The van der Waals surface area contributed by atoms with Crippen molar-refractivity contribution in [2.24, 2.45) is 11.2 Å². The van der Waals surface area contributed by atoms with E-state index in [4.69, 9.17) is 0 Å². The van der Waals surface area contributed by atoms with Gasteiger partial charge < -0.3 is 0 Å². The van der Waals surface area contributed by atoms with Crippen LogP contribution < -0.4 is 0 Å². The second kappa shape index (κ2) is 5.10. The van der Waals surface area contributed by atoms with E-state index in [2.05, 4.69) is 26.1 Å². The molecule has 11 heavy (non-hydrogen) atoms. The normalized spacial score (nSPS) is 13.2. The molecular formula is C8H18N2O. The summed E-state index contributed by atoms with van der Waals surface area (Å²) in [5, 5.41) is 4.60. The van der Waals surface area contributed by atoms with Gasteiger partial charge in [-0.3, -0.25) is 5.01 Å². The minimum absolute atomic E-state index is 0.273. The summed E-state index contributed by atoms with van der Waals surface area (Å²) in [5.74, 6) is 0.502. The van der Waals surface area contributed by atoms with E-state index in [0.717, 1.165) is 13.0 Å². The molecule has 1 unspecified atom stereocenters. The fourth-order valence-electron chi connectivity index (χ4n) is 0.879. The van der Waals surface area contributed by atoms with Crippen LogP contribution in [0.3, 0.4) is 0 Å². The molecule has 0 radical (unpaired) electrons. The molecule has 0 aliphatic carbocycles. The van der Waals surface area contributed by atoms with Crippen molar-refractivity contribution >= 4 is 0 Å². The molecule has 0 aliphatic rings. The Hall–Kier alpha value is -0.600. The van der Waals surface area contributed by atoms with Crippen molar-refractivity contribution in [1.82, 2.24) is 5.01 Å². The quantitative estimate of drug-likeness (QED) is 0.454. The lowest BCUT2D eigenvalue weighted by atomic mass is 10.2. The van der Waals surface area contributed by atoms with Gasteiger partial charge in [0.25, 0.3) is 0 Å². The van der Waals surface area contributed by atoms with Crippen molar-refractivity contribution in [1.29, 1.82) is 0 Å². The highest BCUT2D eigenvalue weighted by Crippen LogP contribution is 2.06. The largest absolute Gasteiger partial charge is 0.258 e. The van der Waals surface area contributed by atoms with Crippen molar-refractivity contribution in [3.05, 3.63) is 4.91 Å². The van der Waals surface area contributed by atoms with Gasteiger partial charge in [0.2, 0.25) is 0 Å². The summed E-state index contributed by atoms with van der Waals surface area (Å²) in [6.07, 6.45) is 0.971. The summed E-state index contributed by atoms with van der Waals surface area (Å²) in [4.78, 5) is 10.3. The first-order valence-corrected chi connectivity index (χ1v) is 4.21. The van der Waals surface area contributed by atoms with Crippen LogP contribution in [-0.2, 0) is 0 Å². The maximum atomic E-state index is 10.3. The van der Waals surface area contributed by atoms with Crippen LogP contribution in [0.15, 0.2) is 5.29 Å². The van der Waals surface area contributed by atoms with E-state index in [1.807, 2.05) is 6.92 Å². The lowest BCUT2D eigenvalue weighted by Gasteiger charge is -2.23. The molecule has 0 saturated heterocycles. The molecule has 0 rings (SSSR count). The number of hydrogen-bond donors (Lipinski definition) is 0. The number of hydrogen-bond acceptors (Lipinski definition) is 2. The van der Waals surface area contributed by atoms with E-state index in [1.54, 1.807) is 5.01 Å². The number of rotatable bonds is 5. The van der Waals surface area contributed by atoms with Crippen LogP contribution in [0.25, 0.3) is 0 Å². The molecule has 0 aromatic heterocycles. The highest BCUT2D eigenvalue weighted by molar-refractivity contribution is 4.62. The Morgan fingerprint density at radius 1 is 1.36 bits per heavy atom. The molecule has 0 aromatic rings. The minimum atomic E-state index is 0.273. The van der Waals surface area contributed by atoms with Gasteiger partial charge in [-0.25, -0.2) is 0 Å². The van der Waals surface area contributed by atoms with Crippen LogP contribution in [0.4, 0.5) is 0 Å². The SMILES string of the molecule is CCC(C)N(CC(C)C)N=O. The zero-order valence-corrected chi connectivity index (χ0v) is 7.87. The molecule has 0 spiro atoms. The van der Waals surface area contributed by atoms with Gasteiger partial charge >= 0.3 is 0 Å². The fraction of sp³-hybridized carbons (Fsp3) is 1.00. The Morgan fingerprint density at radius 2 is 1.91 bits per heavy atom.